The summed E-state index contributed by atoms with van der Waals surface area (Å²) in [6.07, 6.45) is 2.31. The number of amides is 1. The second-order valence-corrected chi connectivity index (χ2v) is 4.91. The van der Waals surface area contributed by atoms with E-state index < -0.39 is 0 Å². The van der Waals surface area contributed by atoms with Gasteiger partial charge in [0.1, 0.15) is 5.76 Å². The molecule has 0 radical (unpaired) electrons. The molecule has 1 saturated heterocycles. The van der Waals surface area contributed by atoms with E-state index in [1.54, 1.807) is 6.07 Å². The number of nitrogens with one attached hydrogen (secondary N) is 1. The molecule has 2 aliphatic rings. The molecule has 0 atom stereocenters. The summed E-state index contributed by atoms with van der Waals surface area (Å²) in [7, 11) is 0. The molecule has 1 aliphatic carbocycles. The Morgan fingerprint density at radius 2 is 2.35 bits per heavy atom. The van der Waals surface area contributed by atoms with E-state index in [2.05, 4.69) is 22.3 Å². The molecule has 3 rings (SSSR count). The molecule has 92 valence electrons. The summed E-state index contributed by atoms with van der Waals surface area (Å²) in [4.78, 5) is 14.1. The standard InChI is InChI=1S/C12H17N3O2/c1-2-15-6-9(7-15)13-12(16)10-5-11(17-14-10)8-3-4-8/h5,8-9H,2-4,6-7H2,1H3,(H,13,16). The Morgan fingerprint density at radius 3 is 3.00 bits per heavy atom. The fourth-order valence-electron chi connectivity index (χ4n) is 2.14. The van der Waals surface area contributed by atoms with Crippen LogP contribution in [0, 0.1) is 0 Å². The lowest BCUT2D eigenvalue weighted by atomic mass is 10.1. The van der Waals surface area contributed by atoms with Crippen LogP contribution in [0.5, 0.6) is 0 Å². The maximum atomic E-state index is 11.8. The van der Waals surface area contributed by atoms with Crippen LogP contribution in [0.2, 0.25) is 0 Å². The summed E-state index contributed by atoms with van der Waals surface area (Å²) in [6, 6.07) is 2.05. The first-order valence-corrected chi connectivity index (χ1v) is 6.26. The van der Waals surface area contributed by atoms with Gasteiger partial charge in [-0.2, -0.15) is 0 Å². The largest absolute Gasteiger partial charge is 0.360 e. The topological polar surface area (TPSA) is 58.4 Å². The summed E-state index contributed by atoms with van der Waals surface area (Å²) in [6.45, 7) is 5.05. The maximum Gasteiger partial charge on any atom is 0.273 e. The van der Waals surface area contributed by atoms with Crippen molar-refractivity contribution in [1.29, 1.82) is 0 Å². The van der Waals surface area contributed by atoms with E-state index in [-0.39, 0.29) is 11.9 Å². The van der Waals surface area contributed by atoms with Gasteiger partial charge in [0.05, 0.1) is 6.04 Å². The second-order valence-electron chi connectivity index (χ2n) is 4.91. The van der Waals surface area contributed by atoms with Crippen LogP contribution in [-0.2, 0) is 0 Å². The van der Waals surface area contributed by atoms with Gasteiger partial charge in [-0.25, -0.2) is 0 Å². The van der Waals surface area contributed by atoms with Gasteiger partial charge in [0.2, 0.25) is 0 Å². The lowest BCUT2D eigenvalue weighted by molar-refractivity contribution is 0.0816. The molecule has 1 aromatic rings. The monoisotopic (exact) mass is 235 g/mol. The Bertz CT molecular complexity index is 419. The number of likely N-dealkylation sites (N-methyl/N-ethyl adjacent to an activating group) is 1. The lowest BCUT2D eigenvalue weighted by Gasteiger charge is -2.38. The zero-order valence-electron chi connectivity index (χ0n) is 9.98. The molecular weight excluding hydrogens is 218 g/mol. The molecule has 1 aliphatic heterocycles. The molecule has 5 heteroatoms. The Labute approximate surface area is 100 Å². The van der Waals surface area contributed by atoms with Crippen molar-refractivity contribution in [2.45, 2.75) is 31.7 Å². The van der Waals surface area contributed by atoms with Crippen molar-refractivity contribution < 1.29 is 9.32 Å². The van der Waals surface area contributed by atoms with Gasteiger partial charge < -0.3 is 9.84 Å². The normalized spacial score (nSPS) is 21.2. The molecule has 0 spiro atoms. The van der Waals surface area contributed by atoms with Crippen LogP contribution in [0.3, 0.4) is 0 Å². The van der Waals surface area contributed by atoms with Gasteiger partial charge in [-0.3, -0.25) is 9.69 Å². The van der Waals surface area contributed by atoms with Crippen LogP contribution in [-0.4, -0.2) is 41.6 Å². The average Bonchev–Trinajstić information content (AvgIpc) is 3.01. The molecule has 1 amide bonds. The minimum atomic E-state index is -0.110. The van der Waals surface area contributed by atoms with E-state index >= 15 is 0 Å². The molecule has 1 saturated carbocycles. The van der Waals surface area contributed by atoms with E-state index in [0.29, 0.717) is 11.6 Å². The van der Waals surface area contributed by atoms with Gasteiger partial charge >= 0.3 is 0 Å². The number of likely N-dealkylation sites (tertiary alicyclic amines) is 1. The summed E-state index contributed by atoms with van der Waals surface area (Å²) in [5.74, 6) is 1.25. The van der Waals surface area contributed by atoms with Crippen molar-refractivity contribution in [3.63, 3.8) is 0 Å². The molecule has 1 N–H and O–H groups in total. The molecular formula is C12H17N3O2. The summed E-state index contributed by atoms with van der Waals surface area (Å²) in [5, 5.41) is 6.79. The van der Waals surface area contributed by atoms with Crippen LogP contribution in [0.1, 0.15) is 41.9 Å². The number of carbonyl (C=O) groups is 1. The van der Waals surface area contributed by atoms with Crippen LogP contribution in [0.25, 0.3) is 0 Å². The first kappa shape index (κ1) is 10.8. The molecule has 0 aromatic carbocycles. The summed E-state index contributed by atoms with van der Waals surface area (Å²) in [5.41, 5.74) is 0.418. The zero-order valence-corrected chi connectivity index (χ0v) is 9.98. The van der Waals surface area contributed by atoms with Crippen molar-refractivity contribution in [3.05, 3.63) is 17.5 Å². The van der Waals surface area contributed by atoms with Gasteiger partial charge in [-0.15, -0.1) is 0 Å². The van der Waals surface area contributed by atoms with Crippen LogP contribution < -0.4 is 5.32 Å². The lowest BCUT2D eigenvalue weighted by Crippen LogP contribution is -2.58. The first-order valence-electron chi connectivity index (χ1n) is 6.26. The van der Waals surface area contributed by atoms with Crippen LogP contribution in [0.15, 0.2) is 10.6 Å². The fraction of sp³-hybridized carbons (Fsp3) is 0.667. The van der Waals surface area contributed by atoms with Crippen molar-refractivity contribution >= 4 is 5.91 Å². The Kier molecular flexibility index (Phi) is 2.63. The van der Waals surface area contributed by atoms with Crippen LogP contribution >= 0.6 is 0 Å². The number of aromatic nitrogens is 1. The molecule has 2 fully saturated rings. The van der Waals surface area contributed by atoms with E-state index in [1.165, 1.54) is 0 Å². The zero-order chi connectivity index (χ0) is 11.8. The fourth-order valence-corrected chi connectivity index (χ4v) is 2.14. The maximum absolute atomic E-state index is 11.8. The minimum absolute atomic E-state index is 0.110. The number of nitrogens with zero attached hydrogens (tertiary/aromatic N) is 2. The third-order valence-corrected chi connectivity index (χ3v) is 3.48. The summed E-state index contributed by atoms with van der Waals surface area (Å²) < 4.78 is 5.16. The third kappa shape index (κ3) is 2.20. The second kappa shape index (κ2) is 4.14. The van der Waals surface area contributed by atoms with Crippen molar-refractivity contribution in [1.82, 2.24) is 15.4 Å². The van der Waals surface area contributed by atoms with Gasteiger partial charge in [-0.05, 0) is 19.4 Å². The molecule has 5 nitrogen and oxygen atoms in total. The molecule has 17 heavy (non-hydrogen) atoms. The number of rotatable bonds is 4. The quantitative estimate of drug-likeness (QED) is 0.845. The first-order chi connectivity index (χ1) is 8.26. The van der Waals surface area contributed by atoms with Crippen molar-refractivity contribution in [2.24, 2.45) is 0 Å². The van der Waals surface area contributed by atoms with E-state index in [9.17, 15) is 4.79 Å². The highest BCUT2D eigenvalue weighted by molar-refractivity contribution is 5.92. The molecule has 1 aromatic heterocycles. The van der Waals surface area contributed by atoms with Gasteiger partial charge in [0, 0.05) is 25.1 Å². The molecule has 0 unspecified atom stereocenters. The highest BCUT2D eigenvalue weighted by Crippen LogP contribution is 2.40. The SMILES string of the molecule is CCN1CC(NC(=O)c2cc(C3CC3)on2)C1. The predicted molar refractivity (Wildman–Crippen MR) is 61.8 cm³/mol. The molecule has 2 heterocycles. The Hall–Kier alpha value is -1.36. The third-order valence-electron chi connectivity index (χ3n) is 3.48. The Morgan fingerprint density at radius 1 is 1.59 bits per heavy atom. The van der Waals surface area contributed by atoms with E-state index in [0.717, 1.165) is 38.2 Å². The predicted octanol–water partition coefficient (Wildman–Crippen LogP) is 0.986. The number of hydrogen-bond acceptors (Lipinski definition) is 4. The van der Waals surface area contributed by atoms with Crippen LogP contribution in [0.4, 0.5) is 0 Å². The van der Waals surface area contributed by atoms with Gasteiger partial charge in [0.25, 0.3) is 5.91 Å². The number of carbonyl (C=O) groups excluding carboxylic acids is 1. The summed E-state index contributed by atoms with van der Waals surface area (Å²) >= 11 is 0. The molecule has 0 bridgehead atoms. The highest BCUT2D eigenvalue weighted by atomic mass is 16.5. The van der Waals surface area contributed by atoms with E-state index in [4.69, 9.17) is 4.52 Å². The Balaban J connectivity index is 1.54. The number of hydrogen-bond donors (Lipinski definition) is 1. The minimum Gasteiger partial charge on any atom is -0.360 e. The highest BCUT2D eigenvalue weighted by Gasteiger charge is 2.30. The average molecular weight is 235 g/mol. The van der Waals surface area contributed by atoms with Gasteiger partial charge in [0.15, 0.2) is 5.69 Å². The smallest absolute Gasteiger partial charge is 0.273 e. The van der Waals surface area contributed by atoms with Crippen molar-refractivity contribution in [3.8, 4) is 0 Å². The van der Waals surface area contributed by atoms with Crippen molar-refractivity contribution in [2.75, 3.05) is 19.6 Å². The van der Waals surface area contributed by atoms with E-state index in [1.807, 2.05) is 0 Å². The van der Waals surface area contributed by atoms with Gasteiger partial charge in [-0.1, -0.05) is 12.1 Å².